The topological polar surface area (TPSA) is 18.5 Å². The molecule has 0 spiro atoms. The Hall–Kier alpha value is -0.840. The van der Waals surface area contributed by atoms with Crippen LogP contribution >= 0.6 is 39.3 Å². The quantitative estimate of drug-likeness (QED) is 0.494. The van der Waals surface area contributed by atoms with Crippen LogP contribution in [-0.2, 0) is 0 Å². The van der Waals surface area contributed by atoms with Crippen molar-refractivity contribution in [1.82, 2.24) is 0 Å². The number of hydrogen-bond donors (Lipinski definition) is 0. The standard InChI is InChI=1S/C16H16BrClO2S/c1-19-12-9-8-11(16(20-2)15(12)18)14(17)10-6-4-5-7-13(10)21-3/h4-9,14H,1-3H3. The van der Waals surface area contributed by atoms with Gasteiger partial charge in [0.05, 0.1) is 19.0 Å². The van der Waals surface area contributed by atoms with Crippen molar-refractivity contribution in [2.75, 3.05) is 20.5 Å². The maximum atomic E-state index is 6.34. The van der Waals surface area contributed by atoms with Crippen molar-refractivity contribution < 1.29 is 9.47 Å². The lowest BCUT2D eigenvalue weighted by Gasteiger charge is -2.19. The van der Waals surface area contributed by atoms with Crippen molar-refractivity contribution in [1.29, 1.82) is 0 Å². The van der Waals surface area contributed by atoms with Gasteiger partial charge in [-0.3, -0.25) is 0 Å². The van der Waals surface area contributed by atoms with Gasteiger partial charge in [-0.1, -0.05) is 51.8 Å². The van der Waals surface area contributed by atoms with Crippen molar-refractivity contribution in [3.8, 4) is 11.5 Å². The van der Waals surface area contributed by atoms with Gasteiger partial charge in [-0.05, 0) is 24.0 Å². The van der Waals surface area contributed by atoms with Crippen LogP contribution in [-0.4, -0.2) is 20.5 Å². The number of ether oxygens (including phenoxy) is 2. The molecule has 0 bridgehead atoms. The van der Waals surface area contributed by atoms with E-state index in [1.165, 1.54) is 10.5 Å². The van der Waals surface area contributed by atoms with E-state index in [0.717, 1.165) is 5.56 Å². The number of methoxy groups -OCH3 is 2. The Bertz CT molecular complexity index is 634. The highest BCUT2D eigenvalue weighted by molar-refractivity contribution is 9.09. The van der Waals surface area contributed by atoms with Crippen molar-refractivity contribution in [3.05, 3.63) is 52.5 Å². The van der Waals surface area contributed by atoms with E-state index in [2.05, 4.69) is 34.3 Å². The van der Waals surface area contributed by atoms with E-state index in [0.29, 0.717) is 16.5 Å². The maximum absolute atomic E-state index is 6.34. The summed E-state index contributed by atoms with van der Waals surface area (Å²) in [5.41, 5.74) is 2.16. The third kappa shape index (κ3) is 3.33. The van der Waals surface area contributed by atoms with E-state index in [1.807, 2.05) is 24.3 Å². The van der Waals surface area contributed by atoms with Crippen molar-refractivity contribution in [2.45, 2.75) is 9.72 Å². The molecule has 1 atom stereocenters. The first-order valence-corrected chi connectivity index (χ1v) is 8.83. The third-order valence-corrected chi connectivity index (χ3v) is 5.36. The second-order valence-corrected chi connectivity index (χ2v) is 6.45. The van der Waals surface area contributed by atoms with Crippen LogP contribution in [0.15, 0.2) is 41.3 Å². The smallest absolute Gasteiger partial charge is 0.145 e. The van der Waals surface area contributed by atoms with E-state index >= 15 is 0 Å². The molecular weight excluding hydrogens is 372 g/mol. The van der Waals surface area contributed by atoms with Crippen LogP contribution < -0.4 is 9.47 Å². The van der Waals surface area contributed by atoms with Crippen LogP contribution in [0.2, 0.25) is 5.02 Å². The fourth-order valence-electron chi connectivity index (χ4n) is 2.16. The zero-order chi connectivity index (χ0) is 15.4. The average molecular weight is 388 g/mol. The van der Waals surface area contributed by atoms with Gasteiger partial charge < -0.3 is 9.47 Å². The van der Waals surface area contributed by atoms with Gasteiger partial charge in [0.15, 0.2) is 0 Å². The maximum Gasteiger partial charge on any atom is 0.145 e. The van der Waals surface area contributed by atoms with Crippen molar-refractivity contribution in [3.63, 3.8) is 0 Å². The second kappa shape index (κ2) is 7.43. The molecule has 0 saturated carbocycles. The van der Waals surface area contributed by atoms with Gasteiger partial charge in [0.25, 0.3) is 0 Å². The molecule has 2 nitrogen and oxygen atoms in total. The number of halogens is 2. The molecule has 0 aliphatic rings. The summed E-state index contributed by atoms with van der Waals surface area (Å²) in [5.74, 6) is 1.24. The first kappa shape index (κ1) is 16.5. The summed E-state index contributed by atoms with van der Waals surface area (Å²) >= 11 is 11.8. The Labute approximate surface area is 142 Å². The molecule has 0 N–H and O–H groups in total. The fourth-order valence-corrected chi connectivity index (χ4v) is 4.03. The molecule has 112 valence electrons. The molecule has 0 fully saturated rings. The zero-order valence-corrected chi connectivity index (χ0v) is 15.2. The van der Waals surface area contributed by atoms with Gasteiger partial charge in [0, 0.05) is 10.5 Å². The number of benzene rings is 2. The van der Waals surface area contributed by atoms with Gasteiger partial charge in [-0.15, -0.1) is 11.8 Å². The molecule has 2 aromatic rings. The molecule has 0 heterocycles. The highest BCUT2D eigenvalue weighted by atomic mass is 79.9. The number of alkyl halides is 1. The van der Waals surface area contributed by atoms with Gasteiger partial charge in [0.2, 0.25) is 0 Å². The minimum Gasteiger partial charge on any atom is -0.495 e. The predicted molar refractivity (Wildman–Crippen MR) is 93.5 cm³/mol. The summed E-state index contributed by atoms with van der Waals surface area (Å²) < 4.78 is 10.7. The van der Waals surface area contributed by atoms with Crippen LogP contribution in [0.4, 0.5) is 0 Å². The third-order valence-electron chi connectivity index (χ3n) is 3.20. The monoisotopic (exact) mass is 386 g/mol. The Kier molecular flexibility index (Phi) is 5.85. The summed E-state index contributed by atoms with van der Waals surface area (Å²) in [6.45, 7) is 0. The van der Waals surface area contributed by atoms with Gasteiger partial charge in [0.1, 0.15) is 16.5 Å². The lowest BCUT2D eigenvalue weighted by Crippen LogP contribution is -2.00. The predicted octanol–water partition coefficient (Wildman–Crippen LogP) is 5.56. The molecule has 2 rings (SSSR count). The normalized spacial score (nSPS) is 12.0. The van der Waals surface area contributed by atoms with E-state index in [1.54, 1.807) is 26.0 Å². The van der Waals surface area contributed by atoms with Crippen LogP contribution in [0.25, 0.3) is 0 Å². The first-order chi connectivity index (χ1) is 10.1. The fraction of sp³-hybridized carbons (Fsp3) is 0.250. The highest BCUT2D eigenvalue weighted by Gasteiger charge is 2.21. The number of rotatable bonds is 5. The summed E-state index contributed by atoms with van der Waals surface area (Å²) in [6, 6.07) is 12.1. The Morgan fingerprint density at radius 1 is 1.05 bits per heavy atom. The lowest BCUT2D eigenvalue weighted by molar-refractivity contribution is 0.392. The number of hydrogen-bond acceptors (Lipinski definition) is 3. The molecular formula is C16H16BrClO2S. The summed E-state index contributed by atoms with van der Waals surface area (Å²) in [6.07, 6.45) is 2.07. The van der Waals surface area contributed by atoms with Crippen LogP contribution in [0.1, 0.15) is 16.0 Å². The van der Waals surface area contributed by atoms with Crippen molar-refractivity contribution in [2.24, 2.45) is 0 Å². The van der Waals surface area contributed by atoms with Crippen molar-refractivity contribution >= 4 is 39.3 Å². The summed E-state index contributed by atoms with van der Waals surface area (Å²) in [7, 11) is 3.21. The minimum absolute atomic E-state index is 0.000457. The molecule has 0 aliphatic heterocycles. The molecule has 0 radical (unpaired) electrons. The Morgan fingerprint density at radius 3 is 2.38 bits per heavy atom. The number of thioether (sulfide) groups is 1. The molecule has 2 aromatic carbocycles. The van der Waals surface area contributed by atoms with Gasteiger partial charge in [-0.25, -0.2) is 0 Å². The van der Waals surface area contributed by atoms with Gasteiger partial charge in [-0.2, -0.15) is 0 Å². The second-order valence-electron chi connectivity index (χ2n) is 4.31. The SMILES string of the molecule is COc1ccc(C(Br)c2ccccc2SC)c(OC)c1Cl. The first-order valence-electron chi connectivity index (χ1n) is 6.31. The van der Waals surface area contributed by atoms with Crippen LogP contribution in [0, 0.1) is 0 Å². The largest absolute Gasteiger partial charge is 0.495 e. The molecule has 0 aromatic heterocycles. The van der Waals surface area contributed by atoms with Crippen LogP contribution in [0.3, 0.4) is 0 Å². The Balaban J connectivity index is 2.53. The molecule has 0 amide bonds. The van der Waals surface area contributed by atoms with E-state index < -0.39 is 0 Å². The van der Waals surface area contributed by atoms with Crippen LogP contribution in [0.5, 0.6) is 11.5 Å². The van der Waals surface area contributed by atoms with Gasteiger partial charge >= 0.3 is 0 Å². The molecule has 1 unspecified atom stereocenters. The molecule has 0 saturated heterocycles. The Morgan fingerprint density at radius 2 is 1.76 bits per heavy atom. The van der Waals surface area contributed by atoms with E-state index in [4.69, 9.17) is 21.1 Å². The lowest BCUT2D eigenvalue weighted by atomic mass is 10.0. The summed E-state index contributed by atoms with van der Waals surface area (Å²) in [4.78, 5) is 1.22. The average Bonchev–Trinajstić information content (AvgIpc) is 2.53. The molecule has 5 heteroatoms. The minimum atomic E-state index is -0.000457. The summed E-state index contributed by atoms with van der Waals surface area (Å²) in [5, 5.41) is 0.489. The highest BCUT2D eigenvalue weighted by Crippen LogP contribution is 2.45. The zero-order valence-electron chi connectivity index (χ0n) is 12.0. The van der Waals surface area contributed by atoms with E-state index in [-0.39, 0.29) is 4.83 Å². The molecule has 21 heavy (non-hydrogen) atoms. The molecule has 0 aliphatic carbocycles. The van der Waals surface area contributed by atoms with E-state index in [9.17, 15) is 0 Å².